The van der Waals surface area contributed by atoms with Crippen LogP contribution in [-0.2, 0) is 13.0 Å². The Morgan fingerprint density at radius 2 is 1.96 bits per heavy atom. The maximum absolute atomic E-state index is 11.3. The molecule has 1 aliphatic rings. The van der Waals surface area contributed by atoms with Crippen molar-refractivity contribution in [1.82, 2.24) is 4.90 Å². The van der Waals surface area contributed by atoms with Gasteiger partial charge in [0, 0.05) is 31.5 Å². The first-order valence-electron chi connectivity index (χ1n) is 8.85. The van der Waals surface area contributed by atoms with Crippen LogP contribution in [0.2, 0.25) is 0 Å². The van der Waals surface area contributed by atoms with E-state index in [9.17, 15) is 9.90 Å². The van der Waals surface area contributed by atoms with E-state index >= 15 is 0 Å². The van der Waals surface area contributed by atoms with E-state index < -0.39 is 6.09 Å². The fraction of sp³-hybridized carbons (Fsp3) is 0.381. The summed E-state index contributed by atoms with van der Waals surface area (Å²) in [4.78, 5) is 12.7. The van der Waals surface area contributed by atoms with Crippen LogP contribution < -0.4 is 4.74 Å². The molecular formula is C21H25NO3. The minimum Gasteiger partial charge on any atom is -0.489 e. The van der Waals surface area contributed by atoms with Gasteiger partial charge in [-0.25, -0.2) is 4.79 Å². The number of benzene rings is 2. The third kappa shape index (κ3) is 3.78. The van der Waals surface area contributed by atoms with Crippen LogP contribution in [0.4, 0.5) is 4.79 Å². The van der Waals surface area contributed by atoms with E-state index in [-0.39, 0.29) is 5.92 Å². The summed E-state index contributed by atoms with van der Waals surface area (Å²) in [6.07, 6.45) is 1.91. The number of nitrogens with zero attached hydrogens (tertiary/aromatic N) is 1. The first-order valence-corrected chi connectivity index (χ1v) is 8.85. The van der Waals surface area contributed by atoms with Gasteiger partial charge < -0.3 is 14.7 Å². The zero-order valence-electron chi connectivity index (χ0n) is 14.9. The smallest absolute Gasteiger partial charge is 0.407 e. The fourth-order valence-electron chi connectivity index (χ4n) is 3.61. The molecule has 4 heteroatoms. The van der Waals surface area contributed by atoms with E-state index in [4.69, 9.17) is 4.74 Å². The Balaban J connectivity index is 1.98. The van der Waals surface area contributed by atoms with Crippen molar-refractivity contribution in [3.63, 3.8) is 0 Å². The summed E-state index contributed by atoms with van der Waals surface area (Å²) < 4.78 is 6.07. The number of hydrogen-bond donors (Lipinski definition) is 1. The van der Waals surface area contributed by atoms with Crippen LogP contribution in [-0.4, -0.2) is 29.7 Å². The second kappa shape index (κ2) is 7.60. The molecule has 2 aromatic carbocycles. The molecule has 3 rings (SSSR count). The largest absolute Gasteiger partial charge is 0.489 e. The van der Waals surface area contributed by atoms with E-state index in [0.717, 1.165) is 25.0 Å². The van der Waals surface area contributed by atoms with Gasteiger partial charge in [-0.15, -0.1) is 0 Å². The van der Waals surface area contributed by atoms with Crippen molar-refractivity contribution in [1.29, 1.82) is 0 Å². The molecule has 0 aliphatic carbocycles. The van der Waals surface area contributed by atoms with Crippen LogP contribution in [0.1, 0.15) is 47.9 Å². The molecule has 1 N–H and O–H groups in total. The molecular weight excluding hydrogens is 314 g/mol. The highest BCUT2D eigenvalue weighted by atomic mass is 16.5. The number of fused-ring (bicyclic) bond motifs is 2. The normalized spacial score (nSPS) is 13.8. The average molecular weight is 339 g/mol. The van der Waals surface area contributed by atoms with Crippen LogP contribution in [0, 0.1) is 0 Å². The Morgan fingerprint density at radius 3 is 2.68 bits per heavy atom. The highest BCUT2D eigenvalue weighted by Crippen LogP contribution is 2.36. The van der Waals surface area contributed by atoms with Crippen LogP contribution in [0.25, 0.3) is 0 Å². The van der Waals surface area contributed by atoms with Crippen molar-refractivity contribution in [2.24, 2.45) is 0 Å². The number of carbonyl (C=O) groups is 1. The van der Waals surface area contributed by atoms with Gasteiger partial charge in [-0.1, -0.05) is 49.7 Å². The summed E-state index contributed by atoms with van der Waals surface area (Å²) in [5.74, 6) is 1.10. The first kappa shape index (κ1) is 17.3. The summed E-state index contributed by atoms with van der Waals surface area (Å²) in [5.41, 5.74) is 4.92. The topological polar surface area (TPSA) is 49.8 Å². The fourth-order valence-corrected chi connectivity index (χ4v) is 3.61. The summed E-state index contributed by atoms with van der Waals surface area (Å²) in [7, 11) is 1.64. The number of amides is 1. The van der Waals surface area contributed by atoms with E-state index in [1.807, 2.05) is 18.2 Å². The average Bonchev–Trinajstić information content (AvgIpc) is 2.80. The van der Waals surface area contributed by atoms with Crippen molar-refractivity contribution < 1.29 is 14.6 Å². The Labute approximate surface area is 149 Å². The summed E-state index contributed by atoms with van der Waals surface area (Å²) in [6.45, 7) is 3.22. The monoisotopic (exact) mass is 339 g/mol. The summed E-state index contributed by atoms with van der Waals surface area (Å²) in [5, 5.41) is 9.26. The van der Waals surface area contributed by atoms with Crippen molar-refractivity contribution in [3.05, 3.63) is 64.7 Å². The lowest BCUT2D eigenvalue weighted by molar-refractivity contribution is 0.152. The third-order valence-electron chi connectivity index (χ3n) is 4.94. The van der Waals surface area contributed by atoms with E-state index in [1.165, 1.54) is 27.2 Å². The predicted octanol–water partition coefficient (Wildman–Crippen LogP) is 4.66. The maximum atomic E-state index is 11.3. The van der Waals surface area contributed by atoms with E-state index in [0.29, 0.717) is 13.2 Å². The summed E-state index contributed by atoms with van der Waals surface area (Å²) >= 11 is 0. The molecule has 0 saturated heterocycles. The lowest BCUT2D eigenvalue weighted by Crippen LogP contribution is -2.30. The molecule has 1 atom stereocenters. The van der Waals surface area contributed by atoms with Crippen molar-refractivity contribution in [2.45, 2.75) is 38.7 Å². The Bertz CT molecular complexity index is 757. The first-order chi connectivity index (χ1) is 12.1. The van der Waals surface area contributed by atoms with Gasteiger partial charge in [-0.3, -0.25) is 0 Å². The number of ether oxygens (including phenoxy) is 1. The SMILES string of the molecule is CCCC(CN(C)C(=O)O)c1cccc2c1Cc1ccccc1CO2. The minimum absolute atomic E-state index is 0.176. The van der Waals surface area contributed by atoms with Gasteiger partial charge in [-0.2, -0.15) is 0 Å². The molecule has 2 aromatic rings. The molecule has 1 unspecified atom stereocenters. The molecule has 1 aliphatic heterocycles. The molecule has 1 heterocycles. The van der Waals surface area contributed by atoms with Gasteiger partial charge >= 0.3 is 6.09 Å². The Hall–Kier alpha value is -2.49. The predicted molar refractivity (Wildman–Crippen MR) is 98.3 cm³/mol. The minimum atomic E-state index is -0.885. The highest BCUT2D eigenvalue weighted by Gasteiger charge is 2.23. The number of carboxylic acid groups (broad SMARTS) is 1. The lowest BCUT2D eigenvalue weighted by Gasteiger charge is -2.25. The number of hydrogen-bond acceptors (Lipinski definition) is 2. The third-order valence-corrected chi connectivity index (χ3v) is 4.94. The molecule has 0 spiro atoms. The van der Waals surface area contributed by atoms with Gasteiger partial charge in [-0.05, 0) is 29.2 Å². The van der Waals surface area contributed by atoms with Crippen LogP contribution in [0.5, 0.6) is 5.75 Å². The second-order valence-electron chi connectivity index (χ2n) is 6.71. The highest BCUT2D eigenvalue weighted by molar-refractivity contribution is 5.64. The van der Waals surface area contributed by atoms with Gasteiger partial charge in [0.1, 0.15) is 12.4 Å². The zero-order valence-corrected chi connectivity index (χ0v) is 14.9. The summed E-state index contributed by atoms with van der Waals surface area (Å²) in [6, 6.07) is 14.6. The van der Waals surface area contributed by atoms with Crippen LogP contribution in [0.15, 0.2) is 42.5 Å². The molecule has 1 amide bonds. The number of rotatable bonds is 5. The molecule has 0 aromatic heterocycles. The maximum Gasteiger partial charge on any atom is 0.407 e. The number of likely N-dealkylation sites (N-methyl/N-ethyl adjacent to an activating group) is 1. The molecule has 0 bridgehead atoms. The van der Waals surface area contributed by atoms with Crippen LogP contribution >= 0.6 is 0 Å². The molecule has 25 heavy (non-hydrogen) atoms. The van der Waals surface area contributed by atoms with Crippen molar-refractivity contribution >= 4 is 6.09 Å². The van der Waals surface area contributed by atoms with E-state index in [2.05, 4.69) is 31.2 Å². The standard InChI is InChI=1S/C21H25NO3/c1-3-7-16(13-22(2)21(23)24)18-10-6-11-20-19(18)12-15-8-4-5-9-17(15)14-25-20/h4-6,8-11,16H,3,7,12-14H2,1-2H3,(H,23,24). The molecule has 0 saturated carbocycles. The van der Waals surface area contributed by atoms with Gasteiger partial charge in [0.15, 0.2) is 0 Å². The van der Waals surface area contributed by atoms with Gasteiger partial charge in [0.25, 0.3) is 0 Å². The zero-order chi connectivity index (χ0) is 17.8. The molecule has 0 radical (unpaired) electrons. The van der Waals surface area contributed by atoms with Crippen molar-refractivity contribution in [3.8, 4) is 5.75 Å². The molecule has 4 nitrogen and oxygen atoms in total. The van der Waals surface area contributed by atoms with Gasteiger partial charge in [0.2, 0.25) is 0 Å². The molecule has 132 valence electrons. The van der Waals surface area contributed by atoms with Crippen LogP contribution in [0.3, 0.4) is 0 Å². The second-order valence-corrected chi connectivity index (χ2v) is 6.71. The van der Waals surface area contributed by atoms with Gasteiger partial charge in [0.05, 0.1) is 0 Å². The Kier molecular flexibility index (Phi) is 5.27. The van der Waals surface area contributed by atoms with Crippen molar-refractivity contribution in [2.75, 3.05) is 13.6 Å². The quantitative estimate of drug-likeness (QED) is 0.861. The molecule has 0 fully saturated rings. The lowest BCUT2D eigenvalue weighted by atomic mass is 9.87. The Morgan fingerprint density at radius 1 is 1.20 bits per heavy atom. The van der Waals surface area contributed by atoms with E-state index in [1.54, 1.807) is 7.05 Å².